The number of carbonyl (C=O) groups excluding carboxylic acids is 1. The molecule has 0 radical (unpaired) electrons. The zero-order chi connectivity index (χ0) is 27.4. The van der Waals surface area contributed by atoms with Gasteiger partial charge >= 0.3 is 5.97 Å². The van der Waals surface area contributed by atoms with Crippen molar-refractivity contribution in [2.45, 2.75) is 65.2 Å². The van der Waals surface area contributed by atoms with Gasteiger partial charge in [-0.1, -0.05) is 65.8 Å². The first-order chi connectivity index (χ1) is 17.2. The molecule has 0 spiro atoms. The second-order valence-electron chi connectivity index (χ2n) is 12.1. The second-order valence-corrected chi connectivity index (χ2v) is 12.1. The van der Waals surface area contributed by atoms with Crippen LogP contribution in [0.4, 0.5) is 0 Å². The van der Waals surface area contributed by atoms with E-state index in [1.54, 1.807) is 6.08 Å². The molecule has 2 aromatic carbocycles. The van der Waals surface area contributed by atoms with Crippen molar-refractivity contribution >= 4 is 18.0 Å². The number of amides is 1. The Kier molecular flexibility index (Phi) is 8.85. The maximum Gasteiger partial charge on any atom is 0.307 e. The lowest BCUT2D eigenvalue weighted by atomic mass is 9.78. The minimum atomic E-state index is -0.817. The first-order valence-electron chi connectivity index (χ1n) is 13.1. The van der Waals surface area contributed by atoms with E-state index >= 15 is 0 Å². The van der Waals surface area contributed by atoms with Crippen molar-refractivity contribution in [1.29, 1.82) is 0 Å². The Balaban J connectivity index is 1.57. The molecule has 37 heavy (non-hydrogen) atoms. The summed E-state index contributed by atoms with van der Waals surface area (Å²) in [6.45, 7) is 16.5. The van der Waals surface area contributed by atoms with Crippen LogP contribution in [0.3, 0.4) is 0 Å². The lowest BCUT2D eigenvalue weighted by Gasteiger charge is -2.34. The summed E-state index contributed by atoms with van der Waals surface area (Å²) in [4.78, 5) is 28.0. The molecule has 2 N–H and O–H groups in total. The molecule has 0 bridgehead atoms. The van der Waals surface area contributed by atoms with Crippen molar-refractivity contribution in [3.8, 4) is 5.75 Å². The number of phenolic OH excluding ortho intramolecular Hbond substituents is 1. The number of rotatable bonds is 7. The lowest BCUT2D eigenvalue weighted by Crippen LogP contribution is -2.48. The minimum Gasteiger partial charge on any atom is -0.507 e. The summed E-state index contributed by atoms with van der Waals surface area (Å²) in [5.41, 5.74) is 4.27. The molecule has 6 nitrogen and oxygen atoms in total. The van der Waals surface area contributed by atoms with E-state index in [4.69, 9.17) is 5.11 Å². The number of phenols is 1. The van der Waals surface area contributed by atoms with Crippen molar-refractivity contribution in [2.75, 3.05) is 32.7 Å². The number of carboxylic acids is 1. The minimum absolute atomic E-state index is 0.0105. The Morgan fingerprint density at radius 3 is 1.86 bits per heavy atom. The highest BCUT2D eigenvalue weighted by Gasteiger charge is 2.26. The number of hydrogen-bond acceptors (Lipinski definition) is 4. The molecule has 1 heterocycles. The monoisotopic (exact) mass is 506 g/mol. The Bertz CT molecular complexity index is 1090. The number of carboxylic acid groups (broad SMARTS) is 1. The average molecular weight is 507 g/mol. The molecular weight excluding hydrogens is 464 g/mol. The lowest BCUT2D eigenvalue weighted by molar-refractivity contribution is -0.136. The standard InChI is InChI=1S/C31H42N2O4/c1-30(2,3)25-19-24(20-26(29(25)37)31(4,5)6)11-12-27(34)33-17-15-32(16-18-33)14-13-22-7-9-23(10-8-22)21-28(35)36/h7-12,19-20,37H,13-18,21H2,1-6H3,(H,35,36). The highest BCUT2D eigenvalue weighted by atomic mass is 16.4. The third-order valence-corrected chi connectivity index (χ3v) is 6.95. The molecule has 0 atom stereocenters. The van der Waals surface area contributed by atoms with Crippen LogP contribution in [0.5, 0.6) is 5.75 Å². The molecule has 6 heteroatoms. The molecule has 0 saturated carbocycles. The normalized spacial score (nSPS) is 15.4. The summed E-state index contributed by atoms with van der Waals surface area (Å²) in [7, 11) is 0. The van der Waals surface area contributed by atoms with Crippen molar-refractivity contribution < 1.29 is 19.8 Å². The van der Waals surface area contributed by atoms with Crippen molar-refractivity contribution in [1.82, 2.24) is 9.80 Å². The molecule has 0 unspecified atom stereocenters. The third-order valence-electron chi connectivity index (χ3n) is 6.95. The highest BCUT2D eigenvalue weighted by Crippen LogP contribution is 2.40. The summed E-state index contributed by atoms with van der Waals surface area (Å²) < 4.78 is 0. The summed E-state index contributed by atoms with van der Waals surface area (Å²) >= 11 is 0. The van der Waals surface area contributed by atoms with Gasteiger partial charge in [-0.15, -0.1) is 0 Å². The third kappa shape index (κ3) is 7.93. The van der Waals surface area contributed by atoms with E-state index in [0.717, 1.165) is 48.3 Å². The predicted octanol–water partition coefficient (Wildman–Crippen LogP) is 5.01. The molecule has 1 amide bonds. The van der Waals surface area contributed by atoms with E-state index < -0.39 is 5.97 Å². The van der Waals surface area contributed by atoms with E-state index in [-0.39, 0.29) is 23.2 Å². The van der Waals surface area contributed by atoms with Crippen LogP contribution < -0.4 is 0 Å². The molecule has 3 rings (SSSR count). The van der Waals surface area contributed by atoms with Gasteiger partial charge in [0.1, 0.15) is 5.75 Å². The van der Waals surface area contributed by atoms with E-state index in [9.17, 15) is 14.7 Å². The number of aliphatic carboxylic acids is 1. The highest BCUT2D eigenvalue weighted by molar-refractivity contribution is 5.92. The van der Waals surface area contributed by atoms with Crippen LogP contribution in [0.15, 0.2) is 42.5 Å². The van der Waals surface area contributed by atoms with E-state index in [1.165, 1.54) is 5.56 Å². The van der Waals surface area contributed by atoms with Gasteiger partial charge in [0.25, 0.3) is 0 Å². The van der Waals surface area contributed by atoms with Crippen LogP contribution in [-0.4, -0.2) is 64.6 Å². The second kappa shape index (κ2) is 11.5. The topological polar surface area (TPSA) is 81.1 Å². The molecule has 2 aromatic rings. The summed E-state index contributed by atoms with van der Waals surface area (Å²) in [6.07, 6.45) is 4.47. The number of nitrogens with zero attached hydrogens (tertiary/aromatic N) is 2. The van der Waals surface area contributed by atoms with E-state index in [0.29, 0.717) is 18.8 Å². The van der Waals surface area contributed by atoms with Crippen molar-refractivity contribution in [3.05, 3.63) is 70.3 Å². The molecule has 1 aliphatic heterocycles. The van der Waals surface area contributed by atoms with Gasteiger partial charge in [-0.3, -0.25) is 14.5 Å². The molecule has 0 aromatic heterocycles. The molecule has 1 saturated heterocycles. The summed E-state index contributed by atoms with van der Waals surface area (Å²) in [6, 6.07) is 11.7. The van der Waals surface area contributed by atoms with Crippen LogP contribution in [0.2, 0.25) is 0 Å². The maximum absolute atomic E-state index is 12.9. The van der Waals surface area contributed by atoms with Gasteiger partial charge in [0.2, 0.25) is 5.91 Å². The fraction of sp³-hybridized carbons (Fsp3) is 0.484. The van der Waals surface area contributed by atoms with Crippen LogP contribution in [-0.2, 0) is 33.3 Å². The van der Waals surface area contributed by atoms with Gasteiger partial charge in [0, 0.05) is 49.9 Å². The quantitative estimate of drug-likeness (QED) is 0.516. The fourth-order valence-corrected chi connectivity index (χ4v) is 4.65. The number of aromatic hydroxyl groups is 1. The van der Waals surface area contributed by atoms with Crippen LogP contribution >= 0.6 is 0 Å². The Hall–Kier alpha value is -3.12. The first-order valence-corrected chi connectivity index (χ1v) is 13.1. The van der Waals surface area contributed by atoms with E-state index in [1.807, 2.05) is 47.4 Å². The number of hydrogen-bond donors (Lipinski definition) is 2. The van der Waals surface area contributed by atoms with Crippen LogP contribution in [0.25, 0.3) is 6.08 Å². The SMILES string of the molecule is CC(C)(C)c1cc(C=CC(=O)N2CCN(CCc3ccc(CC(=O)O)cc3)CC2)cc(C(C)(C)C)c1O. The van der Waals surface area contributed by atoms with Gasteiger partial charge < -0.3 is 15.1 Å². The predicted molar refractivity (Wildman–Crippen MR) is 149 cm³/mol. The van der Waals surface area contributed by atoms with Crippen molar-refractivity contribution in [2.24, 2.45) is 0 Å². The first kappa shape index (κ1) is 28.5. The molecule has 0 aliphatic carbocycles. The molecule has 1 aliphatic rings. The number of piperazine rings is 1. The number of benzene rings is 2. The zero-order valence-corrected chi connectivity index (χ0v) is 23.2. The summed E-state index contributed by atoms with van der Waals surface area (Å²) in [5.74, 6) is -0.463. The summed E-state index contributed by atoms with van der Waals surface area (Å²) in [5, 5.41) is 19.8. The van der Waals surface area contributed by atoms with Crippen LogP contribution in [0.1, 0.15) is 69.4 Å². The maximum atomic E-state index is 12.9. The average Bonchev–Trinajstić information content (AvgIpc) is 2.81. The van der Waals surface area contributed by atoms with Crippen molar-refractivity contribution in [3.63, 3.8) is 0 Å². The molecule has 1 fully saturated rings. The fourth-order valence-electron chi connectivity index (χ4n) is 4.65. The zero-order valence-electron chi connectivity index (χ0n) is 23.2. The Morgan fingerprint density at radius 2 is 1.38 bits per heavy atom. The Labute approximate surface area is 221 Å². The van der Waals surface area contributed by atoms with Gasteiger partial charge in [0.05, 0.1) is 6.42 Å². The van der Waals surface area contributed by atoms with Crippen LogP contribution in [0, 0.1) is 0 Å². The molecule has 200 valence electrons. The smallest absolute Gasteiger partial charge is 0.307 e. The molecular formula is C31H42N2O4. The van der Waals surface area contributed by atoms with Gasteiger partial charge in [-0.05, 0) is 52.1 Å². The number of carbonyl (C=O) groups is 2. The Morgan fingerprint density at radius 1 is 0.865 bits per heavy atom. The van der Waals surface area contributed by atoms with E-state index in [2.05, 4.69) is 46.4 Å². The largest absolute Gasteiger partial charge is 0.507 e. The van der Waals surface area contributed by atoms with Gasteiger partial charge in [0.15, 0.2) is 0 Å². The van der Waals surface area contributed by atoms with Gasteiger partial charge in [-0.25, -0.2) is 0 Å². The van der Waals surface area contributed by atoms with Gasteiger partial charge in [-0.2, -0.15) is 0 Å².